The van der Waals surface area contributed by atoms with Crippen molar-refractivity contribution in [3.05, 3.63) is 29.3 Å². The van der Waals surface area contributed by atoms with Crippen molar-refractivity contribution < 1.29 is 19.1 Å². The van der Waals surface area contributed by atoms with Crippen molar-refractivity contribution in [2.75, 3.05) is 31.6 Å². The summed E-state index contributed by atoms with van der Waals surface area (Å²) in [6.45, 7) is 4.06. The van der Waals surface area contributed by atoms with Gasteiger partial charge in [-0.2, -0.15) is 0 Å². The van der Waals surface area contributed by atoms with Gasteiger partial charge >= 0.3 is 0 Å². The zero-order valence-electron chi connectivity index (χ0n) is 17.2. The van der Waals surface area contributed by atoms with Gasteiger partial charge in [-0.1, -0.05) is 6.07 Å². The lowest BCUT2D eigenvalue weighted by Gasteiger charge is -2.29. The SMILES string of the molecule is O=C1CCC(N2Cc3c(NCCCCOC4CCNCC4)cccc3C2=O)C(=O)N1. The van der Waals surface area contributed by atoms with Crippen molar-refractivity contribution in [3.63, 3.8) is 0 Å². The lowest BCUT2D eigenvalue weighted by molar-refractivity contribution is -0.136. The standard InChI is InChI=1S/C22H30N4O4/c27-20-7-6-19(21(28)25-20)26-14-17-16(22(26)29)4-3-5-18(17)24-10-1-2-13-30-15-8-11-23-12-9-15/h3-5,15,19,23-24H,1-2,6-14H2,(H,25,27,28). The first-order valence-electron chi connectivity index (χ1n) is 11.0. The molecule has 30 heavy (non-hydrogen) atoms. The lowest BCUT2D eigenvalue weighted by atomic mass is 10.0. The maximum absolute atomic E-state index is 12.9. The second-order valence-corrected chi connectivity index (χ2v) is 8.19. The Morgan fingerprint density at radius 3 is 2.73 bits per heavy atom. The van der Waals surface area contributed by atoms with E-state index >= 15 is 0 Å². The Kier molecular flexibility index (Phi) is 6.64. The van der Waals surface area contributed by atoms with Gasteiger partial charge in [-0.15, -0.1) is 0 Å². The molecule has 3 heterocycles. The highest BCUT2D eigenvalue weighted by atomic mass is 16.5. The molecule has 2 saturated heterocycles. The van der Waals surface area contributed by atoms with Crippen LogP contribution in [-0.4, -0.2) is 61.0 Å². The summed E-state index contributed by atoms with van der Waals surface area (Å²) in [5, 5.41) is 9.13. The second-order valence-electron chi connectivity index (χ2n) is 8.19. The number of unbranched alkanes of at least 4 members (excludes halogenated alkanes) is 1. The summed E-state index contributed by atoms with van der Waals surface area (Å²) in [5.41, 5.74) is 2.51. The average Bonchev–Trinajstić information content (AvgIpc) is 3.08. The van der Waals surface area contributed by atoms with Crippen molar-refractivity contribution in [3.8, 4) is 0 Å². The summed E-state index contributed by atoms with van der Waals surface area (Å²) in [6, 6.07) is 5.07. The topological polar surface area (TPSA) is 99.8 Å². The van der Waals surface area contributed by atoms with Crippen LogP contribution in [0.15, 0.2) is 18.2 Å². The van der Waals surface area contributed by atoms with Crippen LogP contribution in [0.5, 0.6) is 0 Å². The Hall–Kier alpha value is -2.45. The van der Waals surface area contributed by atoms with E-state index in [4.69, 9.17) is 4.74 Å². The summed E-state index contributed by atoms with van der Waals surface area (Å²) in [5.74, 6) is -0.791. The summed E-state index contributed by atoms with van der Waals surface area (Å²) < 4.78 is 5.94. The molecule has 0 bridgehead atoms. The zero-order valence-corrected chi connectivity index (χ0v) is 17.2. The third kappa shape index (κ3) is 4.65. The molecular formula is C22H30N4O4. The van der Waals surface area contributed by atoms with Gasteiger partial charge in [0.2, 0.25) is 11.8 Å². The largest absolute Gasteiger partial charge is 0.385 e. The third-order valence-electron chi connectivity index (χ3n) is 6.11. The van der Waals surface area contributed by atoms with Gasteiger partial charge in [0.25, 0.3) is 5.91 Å². The van der Waals surface area contributed by atoms with E-state index in [0.717, 1.165) is 63.2 Å². The van der Waals surface area contributed by atoms with Gasteiger partial charge in [-0.05, 0) is 57.3 Å². The van der Waals surface area contributed by atoms with E-state index in [1.807, 2.05) is 18.2 Å². The normalized spacial score (nSPS) is 22.2. The Balaban J connectivity index is 1.27. The Bertz CT molecular complexity index is 806. The number of nitrogens with one attached hydrogen (secondary N) is 3. The van der Waals surface area contributed by atoms with Crippen LogP contribution in [-0.2, 0) is 20.9 Å². The molecule has 8 heteroatoms. The fraction of sp³-hybridized carbons (Fsp3) is 0.591. The minimum atomic E-state index is -0.581. The van der Waals surface area contributed by atoms with Crippen molar-refractivity contribution >= 4 is 23.4 Å². The van der Waals surface area contributed by atoms with Gasteiger partial charge in [0.05, 0.1) is 6.10 Å². The van der Waals surface area contributed by atoms with E-state index in [9.17, 15) is 14.4 Å². The minimum Gasteiger partial charge on any atom is -0.385 e. The van der Waals surface area contributed by atoms with E-state index < -0.39 is 6.04 Å². The number of piperidine rings is 2. The molecule has 2 fully saturated rings. The van der Waals surface area contributed by atoms with Gasteiger partial charge in [0.15, 0.2) is 0 Å². The van der Waals surface area contributed by atoms with Crippen LogP contribution in [0.3, 0.4) is 0 Å². The van der Waals surface area contributed by atoms with Crippen molar-refractivity contribution in [2.24, 2.45) is 0 Å². The number of hydrogen-bond acceptors (Lipinski definition) is 6. The molecule has 0 aliphatic carbocycles. The molecule has 4 rings (SSSR count). The second kappa shape index (κ2) is 9.57. The number of nitrogens with zero attached hydrogens (tertiary/aromatic N) is 1. The molecule has 0 radical (unpaired) electrons. The first kappa shape index (κ1) is 20.8. The molecule has 0 aromatic heterocycles. The molecule has 1 unspecified atom stereocenters. The van der Waals surface area contributed by atoms with E-state index in [0.29, 0.717) is 24.6 Å². The fourth-order valence-electron chi connectivity index (χ4n) is 4.41. The number of ether oxygens (including phenoxy) is 1. The first-order valence-corrected chi connectivity index (χ1v) is 11.0. The van der Waals surface area contributed by atoms with Crippen LogP contribution in [0.4, 0.5) is 5.69 Å². The van der Waals surface area contributed by atoms with Gasteiger partial charge in [0, 0.05) is 42.9 Å². The number of carbonyl (C=O) groups excluding carboxylic acids is 3. The van der Waals surface area contributed by atoms with E-state index in [-0.39, 0.29) is 24.1 Å². The summed E-state index contributed by atoms with van der Waals surface area (Å²) in [4.78, 5) is 38.1. The molecule has 3 aliphatic rings. The maximum atomic E-state index is 12.9. The molecule has 0 saturated carbocycles. The molecule has 1 atom stereocenters. The molecule has 1 aromatic rings. The van der Waals surface area contributed by atoms with Crippen LogP contribution in [0.1, 0.15) is 54.4 Å². The monoisotopic (exact) mass is 414 g/mol. The van der Waals surface area contributed by atoms with Crippen molar-refractivity contribution in [2.45, 2.75) is 57.2 Å². The summed E-state index contributed by atoms with van der Waals surface area (Å²) in [7, 11) is 0. The van der Waals surface area contributed by atoms with Gasteiger partial charge in [-0.3, -0.25) is 19.7 Å². The van der Waals surface area contributed by atoms with Crippen LogP contribution in [0.25, 0.3) is 0 Å². The zero-order chi connectivity index (χ0) is 20.9. The van der Waals surface area contributed by atoms with Gasteiger partial charge in [0.1, 0.15) is 6.04 Å². The predicted octanol–water partition coefficient (Wildman–Crippen LogP) is 1.41. The van der Waals surface area contributed by atoms with E-state index in [1.54, 1.807) is 4.90 Å². The summed E-state index contributed by atoms with van der Waals surface area (Å²) >= 11 is 0. The van der Waals surface area contributed by atoms with Crippen molar-refractivity contribution in [1.29, 1.82) is 0 Å². The van der Waals surface area contributed by atoms with Crippen LogP contribution in [0.2, 0.25) is 0 Å². The molecule has 162 valence electrons. The average molecular weight is 415 g/mol. The number of anilines is 1. The number of hydrogen-bond donors (Lipinski definition) is 3. The molecule has 1 aromatic carbocycles. The highest BCUT2D eigenvalue weighted by Crippen LogP contribution is 2.32. The van der Waals surface area contributed by atoms with Gasteiger partial charge < -0.3 is 20.3 Å². The highest BCUT2D eigenvalue weighted by molar-refractivity contribution is 6.06. The minimum absolute atomic E-state index is 0.140. The molecule has 8 nitrogen and oxygen atoms in total. The Labute approximate surface area is 176 Å². The van der Waals surface area contributed by atoms with Crippen LogP contribution < -0.4 is 16.0 Å². The molecule has 3 amide bonds. The number of benzene rings is 1. The van der Waals surface area contributed by atoms with Gasteiger partial charge in [-0.25, -0.2) is 0 Å². The lowest BCUT2D eigenvalue weighted by Crippen LogP contribution is -2.52. The number of carbonyl (C=O) groups is 3. The summed E-state index contributed by atoms with van der Waals surface area (Å²) in [6.07, 6.45) is 5.19. The van der Waals surface area contributed by atoms with Crippen LogP contribution in [0, 0.1) is 0 Å². The third-order valence-corrected chi connectivity index (χ3v) is 6.11. The number of rotatable bonds is 8. The smallest absolute Gasteiger partial charge is 0.255 e. The predicted molar refractivity (Wildman–Crippen MR) is 112 cm³/mol. The first-order chi connectivity index (χ1) is 14.6. The Morgan fingerprint density at radius 1 is 1.10 bits per heavy atom. The molecule has 0 spiro atoms. The quantitative estimate of drug-likeness (QED) is 0.439. The fourth-order valence-corrected chi connectivity index (χ4v) is 4.41. The van der Waals surface area contributed by atoms with Crippen molar-refractivity contribution in [1.82, 2.24) is 15.5 Å². The number of amides is 3. The maximum Gasteiger partial charge on any atom is 0.255 e. The molecule has 3 aliphatic heterocycles. The van der Waals surface area contributed by atoms with E-state index in [2.05, 4.69) is 16.0 Å². The molecular weight excluding hydrogens is 384 g/mol. The highest BCUT2D eigenvalue weighted by Gasteiger charge is 2.39. The number of imide groups is 1. The number of fused-ring (bicyclic) bond motifs is 1. The van der Waals surface area contributed by atoms with Crippen LogP contribution >= 0.6 is 0 Å². The Morgan fingerprint density at radius 2 is 1.93 bits per heavy atom. The molecule has 3 N–H and O–H groups in total. The van der Waals surface area contributed by atoms with E-state index in [1.165, 1.54) is 0 Å².